The summed E-state index contributed by atoms with van der Waals surface area (Å²) in [6.45, 7) is 1.96. The van der Waals surface area contributed by atoms with E-state index in [9.17, 15) is 0 Å². The van der Waals surface area contributed by atoms with Crippen molar-refractivity contribution in [3.63, 3.8) is 0 Å². The molecule has 1 aromatic rings. The molecule has 0 bridgehead atoms. The summed E-state index contributed by atoms with van der Waals surface area (Å²) in [7, 11) is 0. The summed E-state index contributed by atoms with van der Waals surface area (Å²) in [5, 5.41) is 11.3. The van der Waals surface area contributed by atoms with Crippen LogP contribution in [-0.4, -0.2) is 5.17 Å². The van der Waals surface area contributed by atoms with Crippen molar-refractivity contribution < 1.29 is 29.6 Å². The Kier molecular flexibility index (Phi) is 6.50. The first-order chi connectivity index (χ1) is 6.24. The number of nitrogens with one attached hydrogen (secondary N) is 1. The second kappa shape index (κ2) is 6.80. The van der Waals surface area contributed by atoms with Crippen LogP contribution in [0.5, 0.6) is 0 Å². The van der Waals surface area contributed by atoms with Crippen molar-refractivity contribution in [2.75, 3.05) is 5.32 Å². The van der Waals surface area contributed by atoms with Crippen molar-refractivity contribution in [1.82, 2.24) is 0 Å². The van der Waals surface area contributed by atoms with Gasteiger partial charge in [0.25, 0.3) is 0 Å². The molecule has 0 spiro atoms. The summed E-state index contributed by atoms with van der Waals surface area (Å²) in [6.07, 6.45) is 1.63. The van der Waals surface area contributed by atoms with Gasteiger partial charge in [-0.2, -0.15) is 10.3 Å². The van der Waals surface area contributed by atoms with Gasteiger partial charge in [-0.25, -0.2) is 0 Å². The molecular formula is C9H8N3NaS. The SMILES string of the molecule is Cc1ccccc1N/C([S-])=N/C#N.[Na+]. The zero-order chi connectivity index (χ0) is 9.68. The van der Waals surface area contributed by atoms with Crippen LogP contribution < -0.4 is 34.9 Å². The maximum atomic E-state index is 8.24. The molecule has 1 N–H and O–H groups in total. The van der Waals surface area contributed by atoms with Crippen molar-refractivity contribution in [2.45, 2.75) is 6.92 Å². The van der Waals surface area contributed by atoms with Crippen LogP contribution in [-0.2, 0) is 12.6 Å². The summed E-state index contributed by atoms with van der Waals surface area (Å²) >= 11 is 4.79. The quantitative estimate of drug-likeness (QED) is 0.209. The third-order valence-electron chi connectivity index (χ3n) is 1.54. The van der Waals surface area contributed by atoms with Crippen LogP contribution >= 0.6 is 0 Å². The van der Waals surface area contributed by atoms with Crippen LogP contribution in [0, 0.1) is 18.4 Å². The molecule has 0 fully saturated rings. The van der Waals surface area contributed by atoms with E-state index in [1.807, 2.05) is 31.2 Å². The largest absolute Gasteiger partial charge is 1.00 e. The third kappa shape index (κ3) is 4.07. The van der Waals surface area contributed by atoms with Crippen molar-refractivity contribution in [1.29, 1.82) is 5.26 Å². The van der Waals surface area contributed by atoms with Crippen LogP contribution in [0.15, 0.2) is 29.3 Å². The van der Waals surface area contributed by atoms with Crippen molar-refractivity contribution >= 4 is 23.5 Å². The number of amidine groups is 1. The smallest absolute Gasteiger partial charge is 0.742 e. The van der Waals surface area contributed by atoms with E-state index in [1.165, 1.54) is 0 Å². The van der Waals surface area contributed by atoms with Gasteiger partial charge in [0.2, 0.25) is 6.19 Å². The maximum absolute atomic E-state index is 8.24. The molecule has 0 aliphatic rings. The van der Waals surface area contributed by atoms with Crippen LogP contribution in [0.3, 0.4) is 0 Å². The second-order valence-electron chi connectivity index (χ2n) is 2.46. The molecule has 0 saturated carbocycles. The Morgan fingerprint density at radius 2 is 2.14 bits per heavy atom. The van der Waals surface area contributed by atoms with E-state index < -0.39 is 0 Å². The van der Waals surface area contributed by atoms with Gasteiger partial charge in [0.05, 0.1) is 0 Å². The fourth-order valence-electron chi connectivity index (χ4n) is 0.902. The number of aryl methyl sites for hydroxylation is 1. The Morgan fingerprint density at radius 1 is 1.50 bits per heavy atom. The maximum Gasteiger partial charge on any atom is 1.00 e. The molecule has 0 aromatic heterocycles. The number of hydrogen-bond donors (Lipinski definition) is 1. The molecule has 0 amide bonds. The Balaban J connectivity index is 0.00000169. The molecule has 1 aromatic carbocycles. The van der Waals surface area contributed by atoms with Crippen molar-refractivity contribution in [3.05, 3.63) is 29.8 Å². The minimum absolute atomic E-state index is 0. The molecule has 0 unspecified atom stereocenters. The third-order valence-corrected chi connectivity index (χ3v) is 1.73. The molecule has 5 heteroatoms. The van der Waals surface area contributed by atoms with Gasteiger partial charge in [0.15, 0.2) is 0 Å². The fraction of sp³-hybridized carbons (Fsp3) is 0.111. The molecule has 0 saturated heterocycles. The van der Waals surface area contributed by atoms with Gasteiger partial charge in [0, 0.05) is 5.69 Å². The average molecular weight is 213 g/mol. The number of anilines is 1. The molecule has 1 rings (SSSR count). The van der Waals surface area contributed by atoms with Crippen LogP contribution in [0.2, 0.25) is 0 Å². The molecule has 66 valence electrons. The van der Waals surface area contributed by atoms with E-state index in [-0.39, 0.29) is 34.7 Å². The Morgan fingerprint density at radius 3 is 2.71 bits per heavy atom. The summed E-state index contributed by atoms with van der Waals surface area (Å²) < 4.78 is 0. The number of para-hydroxylation sites is 1. The number of aliphatic imine (C=N–C) groups is 1. The number of nitriles is 1. The molecule has 0 heterocycles. The molecule has 0 radical (unpaired) electrons. The second-order valence-corrected chi connectivity index (χ2v) is 2.84. The van der Waals surface area contributed by atoms with Crippen LogP contribution in [0.1, 0.15) is 5.56 Å². The minimum Gasteiger partial charge on any atom is -0.742 e. The summed E-state index contributed by atoms with van der Waals surface area (Å²) in [5.74, 6) is 0. The van der Waals surface area contributed by atoms with Gasteiger partial charge in [-0.05, 0) is 23.7 Å². The molecule has 3 nitrogen and oxygen atoms in total. The zero-order valence-electron chi connectivity index (χ0n) is 8.11. The Hall–Kier alpha value is -0.600. The summed E-state index contributed by atoms with van der Waals surface area (Å²) in [5.41, 5.74) is 1.95. The van der Waals surface area contributed by atoms with E-state index in [0.29, 0.717) is 0 Å². The van der Waals surface area contributed by atoms with E-state index in [0.717, 1.165) is 11.3 Å². The number of benzene rings is 1. The monoisotopic (exact) mass is 213 g/mol. The van der Waals surface area contributed by atoms with Gasteiger partial charge in [-0.15, -0.1) is 0 Å². The normalized spacial score (nSPS) is 9.86. The van der Waals surface area contributed by atoms with E-state index in [1.54, 1.807) is 6.19 Å². The Bertz CT molecular complexity index is 371. The Labute approximate surface area is 111 Å². The number of rotatable bonds is 1. The van der Waals surface area contributed by atoms with Gasteiger partial charge < -0.3 is 17.9 Å². The van der Waals surface area contributed by atoms with Crippen LogP contribution in [0.4, 0.5) is 5.69 Å². The predicted molar refractivity (Wildman–Crippen MR) is 55.2 cm³/mol. The van der Waals surface area contributed by atoms with Gasteiger partial charge in [-0.1, -0.05) is 18.2 Å². The number of nitrogens with zero attached hydrogens (tertiary/aromatic N) is 2. The van der Waals surface area contributed by atoms with Gasteiger partial charge in [-0.3, -0.25) is 0 Å². The van der Waals surface area contributed by atoms with Gasteiger partial charge in [0.1, 0.15) is 0 Å². The number of hydrogen-bond acceptors (Lipinski definition) is 3. The van der Waals surface area contributed by atoms with Crippen LogP contribution in [0.25, 0.3) is 0 Å². The zero-order valence-corrected chi connectivity index (χ0v) is 10.9. The standard InChI is InChI=1S/C9H9N3S.Na/c1-7-4-2-3-5-8(7)12-9(13)11-6-10;/h2-5H,1H3,(H2,11,12,13);/q;+1/p-1. The molecule has 14 heavy (non-hydrogen) atoms. The summed E-state index contributed by atoms with van der Waals surface area (Å²) in [6, 6.07) is 7.67. The predicted octanol–water partition coefficient (Wildman–Crippen LogP) is -1.21. The van der Waals surface area contributed by atoms with E-state index >= 15 is 0 Å². The first-order valence-corrected chi connectivity index (χ1v) is 4.11. The van der Waals surface area contributed by atoms with E-state index in [2.05, 4.69) is 10.3 Å². The minimum atomic E-state index is 0. The first-order valence-electron chi connectivity index (χ1n) is 3.70. The summed E-state index contributed by atoms with van der Waals surface area (Å²) in [4.78, 5) is 3.39. The average Bonchev–Trinajstić information content (AvgIpc) is 2.09. The molecule has 0 atom stereocenters. The van der Waals surface area contributed by atoms with E-state index in [4.69, 9.17) is 17.9 Å². The first kappa shape index (κ1) is 13.4. The fourth-order valence-corrected chi connectivity index (χ4v) is 1.05. The van der Waals surface area contributed by atoms with Crippen molar-refractivity contribution in [2.24, 2.45) is 4.99 Å². The topological polar surface area (TPSA) is 48.2 Å². The molecule has 0 aliphatic heterocycles. The molecular weight excluding hydrogens is 205 g/mol. The van der Waals surface area contributed by atoms with Crippen molar-refractivity contribution in [3.8, 4) is 6.19 Å². The van der Waals surface area contributed by atoms with Gasteiger partial charge >= 0.3 is 29.6 Å². The molecule has 0 aliphatic carbocycles.